The van der Waals surface area contributed by atoms with Crippen LogP contribution in [0.25, 0.3) is 17.4 Å². The summed E-state index contributed by atoms with van der Waals surface area (Å²) >= 11 is 17.2. The molecule has 1 aliphatic rings. The van der Waals surface area contributed by atoms with Crippen LogP contribution in [-0.4, -0.2) is 28.0 Å². The van der Waals surface area contributed by atoms with E-state index in [-0.39, 0.29) is 27.0 Å². The Bertz CT molecular complexity index is 1330. The maximum absolute atomic E-state index is 13.0. The number of halogens is 2. The first-order chi connectivity index (χ1) is 15.2. The lowest BCUT2D eigenvalue weighted by Crippen LogP contribution is -2.54. The van der Waals surface area contributed by atoms with Crippen LogP contribution in [0.15, 0.2) is 64.6 Å². The van der Waals surface area contributed by atoms with Gasteiger partial charge in [0.25, 0.3) is 11.8 Å². The van der Waals surface area contributed by atoms with E-state index >= 15 is 0 Å². The molecule has 1 aromatic heterocycles. The Balaban J connectivity index is 1.66. The summed E-state index contributed by atoms with van der Waals surface area (Å²) < 4.78 is 5.72. The zero-order valence-corrected chi connectivity index (χ0v) is 18.3. The first kappa shape index (κ1) is 21.8. The van der Waals surface area contributed by atoms with E-state index < -0.39 is 17.8 Å². The van der Waals surface area contributed by atoms with Crippen molar-refractivity contribution in [1.29, 1.82) is 0 Å². The highest BCUT2D eigenvalue weighted by molar-refractivity contribution is 7.80. The quantitative estimate of drug-likeness (QED) is 0.312. The van der Waals surface area contributed by atoms with Gasteiger partial charge in [0.2, 0.25) is 0 Å². The van der Waals surface area contributed by atoms with E-state index in [0.717, 1.165) is 0 Å². The van der Waals surface area contributed by atoms with Gasteiger partial charge in [-0.25, -0.2) is 4.79 Å². The van der Waals surface area contributed by atoms with Gasteiger partial charge in [0.15, 0.2) is 5.11 Å². The monoisotopic (exact) mass is 486 g/mol. The topological polar surface area (TPSA) is 99.9 Å². The molecule has 3 aromatic rings. The number of aromatic carboxylic acids is 1. The van der Waals surface area contributed by atoms with Crippen molar-refractivity contribution in [2.24, 2.45) is 0 Å². The summed E-state index contributed by atoms with van der Waals surface area (Å²) in [6.45, 7) is 0. The van der Waals surface area contributed by atoms with Crippen molar-refractivity contribution in [2.75, 3.05) is 4.90 Å². The van der Waals surface area contributed by atoms with E-state index in [4.69, 9.17) is 44.9 Å². The van der Waals surface area contributed by atoms with Crippen LogP contribution in [0.3, 0.4) is 0 Å². The van der Waals surface area contributed by atoms with Gasteiger partial charge in [0, 0.05) is 10.6 Å². The first-order valence-electron chi connectivity index (χ1n) is 9.04. The van der Waals surface area contributed by atoms with Gasteiger partial charge in [-0.3, -0.25) is 19.8 Å². The number of nitrogens with one attached hydrogen (secondary N) is 1. The lowest BCUT2D eigenvalue weighted by atomic mass is 10.1. The number of carbonyl (C=O) groups is 3. The van der Waals surface area contributed by atoms with Gasteiger partial charge >= 0.3 is 5.97 Å². The van der Waals surface area contributed by atoms with Gasteiger partial charge < -0.3 is 9.52 Å². The average molecular weight is 487 g/mol. The number of carboxylic acids is 1. The number of anilines is 1. The second-order valence-electron chi connectivity index (χ2n) is 6.64. The van der Waals surface area contributed by atoms with Crippen LogP contribution in [0.4, 0.5) is 5.69 Å². The number of amides is 2. The van der Waals surface area contributed by atoms with E-state index in [1.807, 2.05) is 0 Å². The number of rotatable bonds is 4. The molecule has 0 aliphatic carbocycles. The molecule has 1 fully saturated rings. The average Bonchev–Trinajstić information content (AvgIpc) is 3.19. The van der Waals surface area contributed by atoms with E-state index in [0.29, 0.717) is 22.0 Å². The number of furan rings is 1. The molecule has 2 aromatic carbocycles. The predicted octanol–water partition coefficient (Wildman–Crippen LogP) is 4.78. The molecule has 1 saturated heterocycles. The van der Waals surface area contributed by atoms with Crippen LogP contribution in [0.5, 0.6) is 0 Å². The number of nitrogens with zero attached hydrogens (tertiary/aromatic N) is 1. The molecule has 0 atom stereocenters. The van der Waals surface area contributed by atoms with E-state index in [1.54, 1.807) is 42.5 Å². The molecular formula is C22H12Cl2N2O5S. The van der Waals surface area contributed by atoms with Gasteiger partial charge in [-0.05, 0) is 60.8 Å². The highest BCUT2D eigenvalue weighted by Crippen LogP contribution is 2.29. The van der Waals surface area contributed by atoms with Crippen molar-refractivity contribution < 1.29 is 23.9 Å². The van der Waals surface area contributed by atoms with Crippen LogP contribution in [0, 0.1) is 0 Å². The van der Waals surface area contributed by atoms with Gasteiger partial charge in [-0.2, -0.15) is 0 Å². The maximum Gasteiger partial charge on any atom is 0.337 e. The van der Waals surface area contributed by atoms with Gasteiger partial charge in [-0.15, -0.1) is 0 Å². The van der Waals surface area contributed by atoms with Crippen LogP contribution in [0.1, 0.15) is 16.1 Å². The molecule has 0 bridgehead atoms. The molecule has 2 amide bonds. The summed E-state index contributed by atoms with van der Waals surface area (Å²) in [5.41, 5.74) is 0.724. The zero-order valence-electron chi connectivity index (χ0n) is 16.0. The van der Waals surface area contributed by atoms with E-state index in [1.165, 1.54) is 23.1 Å². The summed E-state index contributed by atoms with van der Waals surface area (Å²) in [5.74, 6) is -1.83. The third-order valence-electron chi connectivity index (χ3n) is 4.57. The van der Waals surface area contributed by atoms with Crippen molar-refractivity contribution in [3.8, 4) is 11.3 Å². The van der Waals surface area contributed by atoms with E-state index in [2.05, 4.69) is 5.32 Å². The van der Waals surface area contributed by atoms with Crippen LogP contribution in [-0.2, 0) is 9.59 Å². The van der Waals surface area contributed by atoms with E-state index in [9.17, 15) is 14.4 Å². The fourth-order valence-corrected chi connectivity index (χ4v) is 3.80. The minimum absolute atomic E-state index is 0.0362. The van der Waals surface area contributed by atoms with Crippen molar-refractivity contribution in [1.82, 2.24) is 5.32 Å². The zero-order chi connectivity index (χ0) is 23.0. The summed E-state index contributed by atoms with van der Waals surface area (Å²) in [6, 6.07) is 14.0. The third-order valence-corrected chi connectivity index (χ3v) is 5.40. The summed E-state index contributed by atoms with van der Waals surface area (Å²) in [5, 5.41) is 12.0. The number of hydrogen-bond acceptors (Lipinski definition) is 5. The Morgan fingerprint density at radius 1 is 1.09 bits per heavy atom. The molecule has 0 radical (unpaired) electrons. The highest BCUT2D eigenvalue weighted by Gasteiger charge is 2.34. The van der Waals surface area contributed by atoms with Crippen molar-refractivity contribution >= 4 is 70.1 Å². The van der Waals surface area contributed by atoms with Gasteiger partial charge in [0.1, 0.15) is 17.1 Å². The molecule has 0 unspecified atom stereocenters. The Kier molecular flexibility index (Phi) is 5.84. The summed E-state index contributed by atoms with van der Waals surface area (Å²) in [4.78, 5) is 37.8. The normalized spacial score (nSPS) is 15.2. The second-order valence-corrected chi connectivity index (χ2v) is 7.87. The maximum atomic E-state index is 13.0. The molecule has 2 heterocycles. The molecule has 0 spiro atoms. The third kappa shape index (κ3) is 4.16. The molecule has 2 N–H and O–H groups in total. The number of carbonyl (C=O) groups excluding carboxylic acids is 2. The Morgan fingerprint density at radius 3 is 2.56 bits per heavy atom. The van der Waals surface area contributed by atoms with Crippen molar-refractivity contribution in [3.63, 3.8) is 0 Å². The lowest BCUT2D eigenvalue weighted by molar-refractivity contribution is -0.122. The van der Waals surface area contributed by atoms with Crippen molar-refractivity contribution in [2.45, 2.75) is 0 Å². The van der Waals surface area contributed by atoms with Gasteiger partial charge in [-0.1, -0.05) is 35.3 Å². The molecule has 0 saturated carbocycles. The fourth-order valence-electron chi connectivity index (χ4n) is 3.08. The van der Waals surface area contributed by atoms with Crippen LogP contribution >= 0.6 is 35.4 Å². The number of carboxylic acid groups (broad SMARTS) is 1. The predicted molar refractivity (Wildman–Crippen MR) is 124 cm³/mol. The SMILES string of the molecule is O=C1NC(=S)N(c2cccc(Cl)c2)C(=O)/C1=C/c1ccc(-c2ccc(C(=O)O)c(Cl)c2)o1. The lowest BCUT2D eigenvalue weighted by Gasteiger charge is -2.28. The molecule has 7 nitrogen and oxygen atoms in total. The molecule has 10 heteroatoms. The number of benzene rings is 2. The summed E-state index contributed by atoms with van der Waals surface area (Å²) in [7, 11) is 0. The minimum atomic E-state index is -1.14. The van der Waals surface area contributed by atoms with Crippen molar-refractivity contribution in [3.05, 3.63) is 81.5 Å². The second kappa shape index (κ2) is 8.58. The molecule has 32 heavy (non-hydrogen) atoms. The molecular weight excluding hydrogens is 475 g/mol. The fraction of sp³-hybridized carbons (Fsp3) is 0. The Morgan fingerprint density at radius 2 is 1.88 bits per heavy atom. The number of thiocarbonyl (C=S) groups is 1. The standard InChI is InChI=1S/C22H12Cl2N2O5S/c23-12-2-1-3-13(9-12)26-20(28)16(19(27)25-22(26)32)10-14-5-7-18(31-14)11-4-6-15(21(29)30)17(24)8-11/h1-10H,(H,29,30)(H,25,27,32)/b16-10+. The van der Waals surface area contributed by atoms with Crippen LogP contribution in [0.2, 0.25) is 10.0 Å². The highest BCUT2D eigenvalue weighted by atomic mass is 35.5. The molecule has 160 valence electrons. The number of hydrogen-bond donors (Lipinski definition) is 2. The Hall–Kier alpha value is -3.46. The molecule has 4 rings (SSSR count). The molecule has 1 aliphatic heterocycles. The Labute approximate surface area is 196 Å². The minimum Gasteiger partial charge on any atom is -0.478 e. The van der Waals surface area contributed by atoms with Crippen LogP contribution < -0.4 is 10.2 Å². The van der Waals surface area contributed by atoms with Gasteiger partial charge in [0.05, 0.1) is 16.3 Å². The largest absolute Gasteiger partial charge is 0.478 e. The summed E-state index contributed by atoms with van der Waals surface area (Å²) in [6.07, 6.45) is 1.30. The first-order valence-corrected chi connectivity index (χ1v) is 10.2. The smallest absolute Gasteiger partial charge is 0.337 e.